The largest absolute Gasteiger partial charge is 0.497 e. The van der Waals surface area contributed by atoms with Gasteiger partial charge in [-0.1, -0.05) is 11.8 Å². The minimum atomic E-state index is 0.758. The number of benzene rings is 1. The van der Waals surface area contributed by atoms with E-state index in [1.807, 2.05) is 42.5 Å². The summed E-state index contributed by atoms with van der Waals surface area (Å²) in [4.78, 5) is 4.10. The first-order valence-electron chi connectivity index (χ1n) is 7.37. The van der Waals surface area contributed by atoms with Gasteiger partial charge in [0.2, 0.25) is 0 Å². The van der Waals surface area contributed by atoms with E-state index in [1.165, 1.54) is 0 Å². The molecule has 0 amide bonds. The molecule has 0 aliphatic heterocycles. The van der Waals surface area contributed by atoms with Gasteiger partial charge in [-0.3, -0.25) is 4.98 Å². The molecule has 6 heteroatoms. The van der Waals surface area contributed by atoms with Crippen LogP contribution < -0.4 is 9.47 Å². The number of nitrogens with zero attached hydrogens (tertiary/aromatic N) is 3. The fourth-order valence-electron chi connectivity index (χ4n) is 2.17. The Morgan fingerprint density at radius 1 is 0.958 bits per heavy atom. The molecule has 0 aliphatic carbocycles. The summed E-state index contributed by atoms with van der Waals surface area (Å²) in [7, 11) is 3.29. The highest BCUT2D eigenvalue weighted by Crippen LogP contribution is 2.28. The van der Waals surface area contributed by atoms with Gasteiger partial charge in [-0.25, -0.2) is 0 Å². The van der Waals surface area contributed by atoms with E-state index in [2.05, 4.69) is 15.2 Å². The summed E-state index contributed by atoms with van der Waals surface area (Å²) in [6, 6.07) is 13.6. The van der Waals surface area contributed by atoms with E-state index in [4.69, 9.17) is 9.47 Å². The molecule has 122 valence electrons. The number of thioether (sulfide) groups is 1. The smallest absolute Gasteiger partial charge is 0.122 e. The zero-order valence-electron chi connectivity index (χ0n) is 13.5. The van der Waals surface area contributed by atoms with E-state index in [0.717, 1.165) is 39.1 Å². The number of hydrogen-bond acceptors (Lipinski definition) is 6. The van der Waals surface area contributed by atoms with E-state index in [0.29, 0.717) is 0 Å². The van der Waals surface area contributed by atoms with Crippen molar-refractivity contribution in [2.75, 3.05) is 14.2 Å². The molecule has 0 atom stereocenters. The highest BCUT2D eigenvalue weighted by atomic mass is 32.2. The second-order valence-electron chi connectivity index (χ2n) is 5.01. The van der Waals surface area contributed by atoms with Gasteiger partial charge in [0.25, 0.3) is 0 Å². The first kappa shape index (κ1) is 16.3. The molecule has 5 nitrogen and oxygen atoms in total. The maximum atomic E-state index is 5.29. The van der Waals surface area contributed by atoms with Gasteiger partial charge in [0.1, 0.15) is 16.5 Å². The summed E-state index contributed by atoms with van der Waals surface area (Å²) in [5.41, 5.74) is 2.88. The standard InChI is InChI=1S/C18H17N3O2S/c1-22-15-8-13(9-16(10-15)23-2)12-24-18-6-5-17(20-21-18)14-4-3-7-19-11-14/h3-11H,12H2,1-2H3. The molecule has 2 heterocycles. The van der Waals surface area contributed by atoms with Crippen LogP contribution in [0.2, 0.25) is 0 Å². The third kappa shape index (κ3) is 4.02. The fourth-order valence-corrected chi connectivity index (χ4v) is 2.92. The Bertz CT molecular complexity index is 773. The SMILES string of the molecule is COc1cc(CSc2ccc(-c3cccnc3)nn2)cc(OC)c1. The van der Waals surface area contributed by atoms with Crippen LogP contribution >= 0.6 is 11.8 Å². The number of pyridine rings is 1. The topological polar surface area (TPSA) is 57.1 Å². The molecule has 0 bridgehead atoms. The van der Waals surface area contributed by atoms with Crippen LogP contribution in [0, 0.1) is 0 Å². The molecule has 0 N–H and O–H groups in total. The van der Waals surface area contributed by atoms with Gasteiger partial charge in [-0.15, -0.1) is 10.2 Å². The number of aromatic nitrogens is 3. The van der Waals surface area contributed by atoms with Gasteiger partial charge in [0, 0.05) is 29.8 Å². The van der Waals surface area contributed by atoms with Gasteiger partial charge in [0.05, 0.1) is 19.9 Å². The average molecular weight is 339 g/mol. The molecule has 3 aromatic rings. The minimum Gasteiger partial charge on any atom is -0.497 e. The van der Waals surface area contributed by atoms with Crippen molar-refractivity contribution in [3.8, 4) is 22.8 Å². The molecular weight excluding hydrogens is 322 g/mol. The molecule has 0 fully saturated rings. The van der Waals surface area contributed by atoms with E-state index < -0.39 is 0 Å². The van der Waals surface area contributed by atoms with E-state index in [-0.39, 0.29) is 0 Å². The second-order valence-corrected chi connectivity index (χ2v) is 6.00. The maximum absolute atomic E-state index is 5.29. The number of hydrogen-bond donors (Lipinski definition) is 0. The summed E-state index contributed by atoms with van der Waals surface area (Å²) in [6.45, 7) is 0. The predicted molar refractivity (Wildman–Crippen MR) is 94.4 cm³/mol. The third-order valence-electron chi connectivity index (χ3n) is 3.40. The maximum Gasteiger partial charge on any atom is 0.122 e. The van der Waals surface area contributed by atoms with Crippen LogP contribution in [-0.2, 0) is 5.75 Å². The lowest BCUT2D eigenvalue weighted by Gasteiger charge is -2.08. The summed E-state index contributed by atoms with van der Waals surface area (Å²) in [6.07, 6.45) is 3.52. The van der Waals surface area contributed by atoms with Crippen LogP contribution in [0.15, 0.2) is 59.9 Å². The van der Waals surface area contributed by atoms with Crippen LogP contribution in [-0.4, -0.2) is 29.4 Å². The first-order chi connectivity index (χ1) is 11.8. The lowest BCUT2D eigenvalue weighted by Crippen LogP contribution is -1.92. The highest BCUT2D eigenvalue weighted by molar-refractivity contribution is 7.98. The van der Waals surface area contributed by atoms with Crippen LogP contribution in [0.4, 0.5) is 0 Å². The summed E-state index contributed by atoms with van der Waals surface area (Å²) >= 11 is 1.62. The minimum absolute atomic E-state index is 0.758. The Morgan fingerprint density at radius 3 is 2.33 bits per heavy atom. The zero-order valence-corrected chi connectivity index (χ0v) is 14.3. The zero-order chi connectivity index (χ0) is 16.8. The monoisotopic (exact) mass is 339 g/mol. The van der Waals surface area contributed by atoms with Crippen molar-refractivity contribution in [3.05, 3.63) is 60.4 Å². The molecule has 3 rings (SSSR count). The van der Waals surface area contributed by atoms with Crippen LogP contribution in [0.25, 0.3) is 11.3 Å². The fraction of sp³-hybridized carbons (Fsp3) is 0.167. The van der Waals surface area contributed by atoms with Crippen LogP contribution in [0.3, 0.4) is 0 Å². The van der Waals surface area contributed by atoms with Gasteiger partial charge in [-0.05, 0) is 42.0 Å². The Labute approximate surface area is 145 Å². The Hall–Kier alpha value is -2.60. The molecule has 0 radical (unpaired) electrons. The molecule has 0 saturated carbocycles. The van der Waals surface area contributed by atoms with Crippen molar-refractivity contribution in [2.45, 2.75) is 10.8 Å². The molecule has 0 unspecified atom stereocenters. The van der Waals surface area contributed by atoms with Gasteiger partial charge in [0.15, 0.2) is 0 Å². The van der Waals surface area contributed by atoms with Crippen LogP contribution in [0.1, 0.15) is 5.56 Å². The molecule has 0 spiro atoms. The highest BCUT2D eigenvalue weighted by Gasteiger charge is 2.05. The lowest BCUT2D eigenvalue weighted by molar-refractivity contribution is 0.393. The van der Waals surface area contributed by atoms with Crippen molar-refractivity contribution < 1.29 is 9.47 Å². The summed E-state index contributed by atoms with van der Waals surface area (Å²) < 4.78 is 10.6. The van der Waals surface area contributed by atoms with Gasteiger partial charge >= 0.3 is 0 Å². The summed E-state index contributed by atoms with van der Waals surface area (Å²) in [5.74, 6) is 2.32. The molecule has 0 saturated heterocycles. The van der Waals surface area contributed by atoms with Crippen molar-refractivity contribution in [1.82, 2.24) is 15.2 Å². The van der Waals surface area contributed by atoms with Crippen molar-refractivity contribution >= 4 is 11.8 Å². The number of rotatable bonds is 6. The molecule has 1 aromatic carbocycles. The Kier molecular flexibility index (Phi) is 5.28. The van der Waals surface area contributed by atoms with Crippen molar-refractivity contribution in [2.24, 2.45) is 0 Å². The first-order valence-corrected chi connectivity index (χ1v) is 8.36. The number of ether oxygens (including phenoxy) is 2. The number of methoxy groups -OCH3 is 2. The molecule has 0 aliphatic rings. The molecule has 24 heavy (non-hydrogen) atoms. The lowest BCUT2D eigenvalue weighted by atomic mass is 10.2. The van der Waals surface area contributed by atoms with Crippen molar-refractivity contribution in [1.29, 1.82) is 0 Å². The molecule has 2 aromatic heterocycles. The Balaban J connectivity index is 1.69. The second kappa shape index (κ2) is 7.79. The van der Waals surface area contributed by atoms with Gasteiger partial charge < -0.3 is 9.47 Å². The van der Waals surface area contributed by atoms with Gasteiger partial charge in [-0.2, -0.15) is 0 Å². The average Bonchev–Trinajstić information content (AvgIpc) is 2.67. The van der Waals surface area contributed by atoms with Crippen LogP contribution in [0.5, 0.6) is 11.5 Å². The third-order valence-corrected chi connectivity index (χ3v) is 4.39. The van der Waals surface area contributed by atoms with E-state index in [9.17, 15) is 0 Å². The normalized spacial score (nSPS) is 10.4. The Morgan fingerprint density at radius 2 is 1.75 bits per heavy atom. The quantitative estimate of drug-likeness (QED) is 0.636. The van der Waals surface area contributed by atoms with E-state index in [1.54, 1.807) is 38.4 Å². The molecular formula is C18H17N3O2S. The predicted octanol–water partition coefficient (Wildman–Crippen LogP) is 3.85. The van der Waals surface area contributed by atoms with E-state index >= 15 is 0 Å². The van der Waals surface area contributed by atoms with Crippen molar-refractivity contribution in [3.63, 3.8) is 0 Å². The summed E-state index contributed by atoms with van der Waals surface area (Å²) in [5, 5.41) is 9.41.